The van der Waals surface area contributed by atoms with Crippen molar-refractivity contribution in [3.63, 3.8) is 0 Å². The molecule has 1 aliphatic carbocycles. The molecule has 2 aromatic rings. The molecule has 0 amide bonds. The second-order valence-electron chi connectivity index (χ2n) is 7.35. The predicted molar refractivity (Wildman–Crippen MR) is 134 cm³/mol. The molecule has 1 aromatic carbocycles. The Bertz CT molecular complexity index is 864. The second-order valence-corrected chi connectivity index (χ2v) is 8.27. The maximum absolute atomic E-state index is 11.7. The molecule has 0 radical (unpaired) electrons. The highest BCUT2D eigenvalue weighted by molar-refractivity contribution is 14.0. The van der Waals surface area contributed by atoms with E-state index in [1.807, 2.05) is 12.3 Å². The number of pyridine rings is 1. The van der Waals surface area contributed by atoms with Crippen molar-refractivity contribution in [2.24, 2.45) is 4.99 Å². The van der Waals surface area contributed by atoms with Crippen LogP contribution in [0.15, 0.2) is 62.9 Å². The molecule has 1 aliphatic rings. The Morgan fingerprint density at radius 1 is 1.17 bits per heavy atom. The van der Waals surface area contributed by atoms with E-state index in [9.17, 15) is 4.79 Å². The lowest BCUT2D eigenvalue weighted by molar-refractivity contribution is 0.585. The molecule has 2 N–H and O–H groups in total. The van der Waals surface area contributed by atoms with Gasteiger partial charge in [-0.2, -0.15) is 0 Å². The molecule has 1 fully saturated rings. The van der Waals surface area contributed by atoms with Gasteiger partial charge in [-0.05, 0) is 56.4 Å². The Morgan fingerprint density at radius 2 is 2.00 bits per heavy atom. The fourth-order valence-electron chi connectivity index (χ4n) is 3.34. The van der Waals surface area contributed by atoms with E-state index >= 15 is 0 Å². The van der Waals surface area contributed by atoms with Crippen molar-refractivity contribution in [1.29, 1.82) is 0 Å². The Morgan fingerprint density at radius 3 is 2.69 bits per heavy atom. The average molecular weight is 573 g/mol. The Hall–Kier alpha value is -1.35. The monoisotopic (exact) mass is 572 g/mol. The van der Waals surface area contributed by atoms with Crippen molar-refractivity contribution >= 4 is 45.9 Å². The molecule has 7 heteroatoms. The van der Waals surface area contributed by atoms with Gasteiger partial charge in [0.25, 0.3) is 0 Å². The van der Waals surface area contributed by atoms with E-state index in [1.54, 1.807) is 16.7 Å². The summed E-state index contributed by atoms with van der Waals surface area (Å²) in [5, 5.41) is 6.76. The molecule has 158 valence electrons. The van der Waals surface area contributed by atoms with Gasteiger partial charge in [-0.15, -0.1) is 24.0 Å². The maximum atomic E-state index is 11.7. The molecule has 1 heterocycles. The first-order valence-electron chi connectivity index (χ1n) is 10.1. The summed E-state index contributed by atoms with van der Waals surface area (Å²) in [4.78, 5) is 16.6. The largest absolute Gasteiger partial charge is 0.357 e. The van der Waals surface area contributed by atoms with Crippen molar-refractivity contribution in [2.45, 2.75) is 44.6 Å². The molecule has 0 bridgehead atoms. The molecule has 5 nitrogen and oxygen atoms in total. The lowest BCUT2D eigenvalue weighted by Gasteiger charge is -2.16. The molecular weight excluding hydrogens is 543 g/mol. The zero-order valence-electron chi connectivity index (χ0n) is 16.9. The smallest absolute Gasteiger partial charge is 0.250 e. The molecule has 1 aromatic heterocycles. The van der Waals surface area contributed by atoms with Gasteiger partial charge < -0.3 is 15.2 Å². The summed E-state index contributed by atoms with van der Waals surface area (Å²) in [6, 6.07) is 13.9. The van der Waals surface area contributed by atoms with Crippen LogP contribution in [0.3, 0.4) is 0 Å². The van der Waals surface area contributed by atoms with E-state index in [0.29, 0.717) is 0 Å². The van der Waals surface area contributed by atoms with Gasteiger partial charge in [-0.3, -0.25) is 9.79 Å². The summed E-state index contributed by atoms with van der Waals surface area (Å²) >= 11 is 3.58. The van der Waals surface area contributed by atoms with Crippen LogP contribution >= 0.6 is 39.9 Å². The first-order valence-corrected chi connectivity index (χ1v) is 10.9. The lowest BCUT2D eigenvalue weighted by atomic mass is 9.96. The third kappa shape index (κ3) is 7.13. The molecule has 0 spiro atoms. The molecular formula is C22H30BrIN4O. The number of hydrogen-bond acceptors (Lipinski definition) is 2. The van der Waals surface area contributed by atoms with Crippen LogP contribution in [0.5, 0.6) is 0 Å². The van der Waals surface area contributed by atoms with Crippen LogP contribution in [0, 0.1) is 0 Å². The number of guanidine groups is 1. The summed E-state index contributed by atoms with van der Waals surface area (Å²) < 4.78 is 2.89. The van der Waals surface area contributed by atoms with Gasteiger partial charge in [0.05, 0.1) is 6.54 Å². The van der Waals surface area contributed by atoms with Crippen LogP contribution < -0.4 is 16.2 Å². The van der Waals surface area contributed by atoms with Crippen LogP contribution in [0.4, 0.5) is 0 Å². The van der Waals surface area contributed by atoms with Gasteiger partial charge in [-0.1, -0.05) is 34.1 Å². The summed E-state index contributed by atoms with van der Waals surface area (Å²) in [5.41, 5.74) is 1.63. The number of halogens is 2. The van der Waals surface area contributed by atoms with E-state index < -0.39 is 0 Å². The van der Waals surface area contributed by atoms with E-state index in [4.69, 9.17) is 4.99 Å². The number of aryl methyl sites for hydroxylation is 1. The molecule has 0 atom stereocenters. The van der Waals surface area contributed by atoms with Crippen LogP contribution in [0.1, 0.15) is 38.2 Å². The summed E-state index contributed by atoms with van der Waals surface area (Å²) in [6.07, 6.45) is 6.18. The van der Waals surface area contributed by atoms with Crippen molar-refractivity contribution in [3.8, 4) is 0 Å². The predicted octanol–water partition coefficient (Wildman–Crippen LogP) is 4.30. The Balaban J connectivity index is 0.00000300. The Kier molecular flexibility index (Phi) is 9.68. The number of aromatic nitrogens is 1. The number of aliphatic imine (C=N–C) groups is 1. The lowest BCUT2D eigenvalue weighted by Crippen LogP contribution is -2.38. The number of hydrogen-bond donors (Lipinski definition) is 2. The quantitative estimate of drug-likeness (QED) is 0.204. The van der Waals surface area contributed by atoms with Gasteiger partial charge in [-0.25, -0.2) is 0 Å². The van der Waals surface area contributed by atoms with Crippen molar-refractivity contribution in [1.82, 2.24) is 15.2 Å². The van der Waals surface area contributed by atoms with Gasteiger partial charge >= 0.3 is 0 Å². The highest BCUT2D eigenvalue weighted by Gasteiger charge is 2.44. The molecule has 0 saturated heterocycles. The first kappa shape index (κ1) is 23.9. The highest BCUT2D eigenvalue weighted by atomic mass is 127. The fraction of sp³-hybridized carbons (Fsp3) is 0.455. The third-order valence-corrected chi connectivity index (χ3v) is 5.69. The van der Waals surface area contributed by atoms with Crippen LogP contribution in [-0.4, -0.2) is 30.2 Å². The zero-order chi connectivity index (χ0) is 19.8. The molecule has 29 heavy (non-hydrogen) atoms. The summed E-state index contributed by atoms with van der Waals surface area (Å²) in [7, 11) is 0. The molecule has 0 aliphatic heterocycles. The van der Waals surface area contributed by atoms with Gasteiger partial charge in [0.1, 0.15) is 0 Å². The standard InChI is InChI=1S/C22H29BrN4O.HI/c1-2-24-21(25-13-4-6-15-27-14-5-3-10-20(27)28)26-17-22(11-12-22)18-8-7-9-19(23)16-18;/h3,5,7-10,14,16H,2,4,6,11-13,15,17H2,1H3,(H2,24,25,26);1H. The van der Waals surface area contributed by atoms with E-state index in [2.05, 4.69) is 57.8 Å². The Labute approximate surface area is 198 Å². The zero-order valence-corrected chi connectivity index (χ0v) is 20.8. The minimum absolute atomic E-state index is 0. The van der Waals surface area contributed by atoms with Crippen molar-refractivity contribution < 1.29 is 0 Å². The SMILES string of the molecule is CCNC(=NCC1(c2cccc(Br)c2)CC1)NCCCCn1ccccc1=O.I. The second kappa shape index (κ2) is 11.7. The van der Waals surface area contributed by atoms with Crippen LogP contribution in [0.25, 0.3) is 0 Å². The minimum Gasteiger partial charge on any atom is -0.357 e. The van der Waals surface area contributed by atoms with Gasteiger partial charge in [0.2, 0.25) is 5.56 Å². The van der Waals surface area contributed by atoms with Gasteiger partial charge in [0, 0.05) is 41.8 Å². The number of nitrogens with zero attached hydrogens (tertiary/aromatic N) is 2. The van der Waals surface area contributed by atoms with E-state index in [0.717, 1.165) is 49.5 Å². The molecule has 0 unspecified atom stereocenters. The number of nitrogens with one attached hydrogen (secondary N) is 2. The van der Waals surface area contributed by atoms with E-state index in [-0.39, 0.29) is 35.0 Å². The minimum atomic E-state index is 0. The summed E-state index contributed by atoms with van der Waals surface area (Å²) in [6.45, 7) is 5.33. The summed E-state index contributed by atoms with van der Waals surface area (Å²) in [5.74, 6) is 0.876. The van der Waals surface area contributed by atoms with Crippen molar-refractivity contribution in [3.05, 3.63) is 69.1 Å². The number of unbranched alkanes of at least 4 members (excludes halogenated alkanes) is 1. The third-order valence-electron chi connectivity index (χ3n) is 5.19. The van der Waals surface area contributed by atoms with Crippen LogP contribution in [0.2, 0.25) is 0 Å². The average Bonchev–Trinajstić information content (AvgIpc) is 3.48. The van der Waals surface area contributed by atoms with Gasteiger partial charge in [0.15, 0.2) is 5.96 Å². The fourth-order valence-corrected chi connectivity index (χ4v) is 3.74. The normalized spacial score (nSPS) is 14.8. The van der Waals surface area contributed by atoms with Crippen LogP contribution in [-0.2, 0) is 12.0 Å². The molecule has 3 rings (SSSR count). The topological polar surface area (TPSA) is 58.4 Å². The number of rotatable bonds is 9. The van der Waals surface area contributed by atoms with Crippen molar-refractivity contribution in [2.75, 3.05) is 19.6 Å². The first-order chi connectivity index (χ1) is 13.6. The highest BCUT2D eigenvalue weighted by Crippen LogP contribution is 2.48. The number of benzene rings is 1. The maximum Gasteiger partial charge on any atom is 0.250 e. The molecule has 1 saturated carbocycles. The van der Waals surface area contributed by atoms with E-state index in [1.165, 1.54) is 18.4 Å².